The van der Waals surface area contributed by atoms with E-state index in [0.717, 1.165) is 57.2 Å². The van der Waals surface area contributed by atoms with E-state index in [2.05, 4.69) is 17.1 Å². The zero-order valence-corrected chi connectivity index (χ0v) is 15.8. The molecule has 3 aliphatic rings. The van der Waals surface area contributed by atoms with E-state index in [1.807, 2.05) is 4.90 Å². The lowest BCUT2D eigenvalue weighted by Gasteiger charge is -2.44. The Morgan fingerprint density at radius 3 is 2.48 bits per heavy atom. The van der Waals surface area contributed by atoms with Crippen molar-refractivity contribution in [2.45, 2.75) is 77.2 Å². The maximum Gasteiger partial charge on any atom is 0.317 e. The molecule has 2 atom stereocenters. The number of hydrogen-bond acceptors (Lipinski definition) is 2. The average Bonchev–Trinajstić information content (AvgIpc) is 2.65. The monoisotopic (exact) mass is 349 g/mol. The van der Waals surface area contributed by atoms with Gasteiger partial charge >= 0.3 is 6.03 Å². The van der Waals surface area contributed by atoms with Crippen molar-refractivity contribution in [1.82, 2.24) is 15.1 Å². The maximum atomic E-state index is 12.6. The van der Waals surface area contributed by atoms with Crippen LogP contribution >= 0.6 is 0 Å². The number of carbonyl (C=O) groups is 2. The van der Waals surface area contributed by atoms with Gasteiger partial charge in [-0.05, 0) is 56.8 Å². The average molecular weight is 350 g/mol. The molecule has 0 spiro atoms. The second-order valence-electron chi connectivity index (χ2n) is 8.35. The fourth-order valence-electron chi connectivity index (χ4n) is 4.83. The van der Waals surface area contributed by atoms with Crippen molar-refractivity contribution in [3.63, 3.8) is 0 Å². The third kappa shape index (κ3) is 4.89. The number of piperidine rings is 2. The first kappa shape index (κ1) is 18.5. The Kier molecular flexibility index (Phi) is 6.60. The lowest BCUT2D eigenvalue weighted by atomic mass is 9.78. The quantitative estimate of drug-likeness (QED) is 0.791. The van der Waals surface area contributed by atoms with E-state index in [1.54, 1.807) is 0 Å². The van der Waals surface area contributed by atoms with Gasteiger partial charge in [-0.25, -0.2) is 4.79 Å². The zero-order chi connectivity index (χ0) is 17.6. The van der Waals surface area contributed by atoms with Crippen LogP contribution in [0.3, 0.4) is 0 Å². The number of carbonyl (C=O) groups excluding carboxylic acids is 2. The minimum Gasteiger partial charge on any atom is -0.343 e. The molecule has 1 aliphatic carbocycles. The van der Waals surface area contributed by atoms with Crippen molar-refractivity contribution in [2.24, 2.45) is 11.8 Å². The highest BCUT2D eigenvalue weighted by atomic mass is 16.2. The minimum absolute atomic E-state index is 0.0934. The molecule has 5 nitrogen and oxygen atoms in total. The number of fused-ring (bicyclic) bond motifs is 1. The van der Waals surface area contributed by atoms with Crippen LogP contribution in [0.1, 0.15) is 71.1 Å². The van der Waals surface area contributed by atoms with Gasteiger partial charge in [0.2, 0.25) is 5.91 Å². The molecule has 2 unspecified atom stereocenters. The molecular weight excluding hydrogens is 314 g/mol. The SMILES string of the molecule is CC1CCN(C(=O)CCCNC(=O)N2CCCC3CCCCC32)CC1. The van der Waals surface area contributed by atoms with Crippen LogP contribution in [0.2, 0.25) is 0 Å². The minimum atomic E-state index is 0.0934. The standard InChI is InChI=1S/C20H35N3O2/c1-16-10-14-22(15-11-16)19(24)9-4-12-21-20(25)23-13-5-7-17-6-2-3-8-18(17)23/h16-18H,2-15H2,1H3,(H,21,25). The largest absolute Gasteiger partial charge is 0.343 e. The number of likely N-dealkylation sites (tertiary alicyclic amines) is 2. The lowest BCUT2D eigenvalue weighted by Crippen LogP contribution is -2.53. The fourth-order valence-corrected chi connectivity index (χ4v) is 4.83. The van der Waals surface area contributed by atoms with E-state index in [9.17, 15) is 9.59 Å². The molecule has 5 heteroatoms. The number of urea groups is 1. The summed E-state index contributed by atoms with van der Waals surface area (Å²) in [4.78, 5) is 28.9. The highest BCUT2D eigenvalue weighted by Crippen LogP contribution is 2.35. The van der Waals surface area contributed by atoms with E-state index in [4.69, 9.17) is 0 Å². The second kappa shape index (κ2) is 8.91. The van der Waals surface area contributed by atoms with E-state index in [0.29, 0.717) is 19.0 Å². The summed E-state index contributed by atoms with van der Waals surface area (Å²) in [5.41, 5.74) is 0. The van der Waals surface area contributed by atoms with Gasteiger partial charge in [0.15, 0.2) is 0 Å². The van der Waals surface area contributed by atoms with Crippen LogP contribution in [-0.2, 0) is 4.79 Å². The van der Waals surface area contributed by atoms with Crippen molar-refractivity contribution in [2.75, 3.05) is 26.2 Å². The van der Waals surface area contributed by atoms with E-state index in [-0.39, 0.29) is 11.9 Å². The zero-order valence-electron chi connectivity index (χ0n) is 15.8. The third-order valence-corrected chi connectivity index (χ3v) is 6.48. The molecule has 2 heterocycles. The molecule has 0 aromatic rings. The molecule has 0 aromatic carbocycles. The molecule has 25 heavy (non-hydrogen) atoms. The third-order valence-electron chi connectivity index (χ3n) is 6.48. The fraction of sp³-hybridized carbons (Fsp3) is 0.900. The van der Waals surface area contributed by atoms with Crippen LogP contribution in [0.15, 0.2) is 0 Å². The van der Waals surface area contributed by atoms with Gasteiger partial charge in [-0.3, -0.25) is 4.79 Å². The summed E-state index contributed by atoms with van der Waals surface area (Å²) in [6.45, 7) is 5.59. The van der Waals surface area contributed by atoms with Crippen LogP contribution in [-0.4, -0.2) is 54.0 Å². The van der Waals surface area contributed by atoms with E-state index >= 15 is 0 Å². The molecule has 1 saturated carbocycles. The van der Waals surface area contributed by atoms with Gasteiger partial charge in [0.05, 0.1) is 0 Å². The molecule has 0 bridgehead atoms. The predicted molar refractivity (Wildman–Crippen MR) is 99.3 cm³/mol. The second-order valence-corrected chi connectivity index (χ2v) is 8.35. The van der Waals surface area contributed by atoms with E-state index < -0.39 is 0 Å². The number of nitrogens with one attached hydrogen (secondary N) is 1. The summed E-state index contributed by atoms with van der Waals surface area (Å²) in [6, 6.07) is 0.551. The van der Waals surface area contributed by atoms with Gasteiger partial charge in [0, 0.05) is 38.6 Å². The Bertz CT molecular complexity index is 458. The predicted octanol–water partition coefficient (Wildman–Crippen LogP) is 3.39. The first-order valence-electron chi connectivity index (χ1n) is 10.5. The van der Waals surface area contributed by atoms with Crippen molar-refractivity contribution in [3.05, 3.63) is 0 Å². The van der Waals surface area contributed by atoms with Crippen LogP contribution in [0.25, 0.3) is 0 Å². The van der Waals surface area contributed by atoms with Crippen molar-refractivity contribution >= 4 is 11.9 Å². The summed E-state index contributed by atoms with van der Waals surface area (Å²) in [5.74, 6) is 1.72. The summed E-state index contributed by atoms with van der Waals surface area (Å²) in [7, 11) is 0. The molecule has 0 radical (unpaired) electrons. The molecule has 0 aromatic heterocycles. The molecule has 2 saturated heterocycles. The smallest absolute Gasteiger partial charge is 0.317 e. The molecular formula is C20H35N3O2. The van der Waals surface area contributed by atoms with Crippen LogP contribution in [0.5, 0.6) is 0 Å². The van der Waals surface area contributed by atoms with Crippen molar-refractivity contribution in [3.8, 4) is 0 Å². The summed E-state index contributed by atoms with van der Waals surface area (Å²) in [6.07, 6.45) is 11.0. The van der Waals surface area contributed by atoms with Gasteiger partial charge in [-0.1, -0.05) is 19.8 Å². The van der Waals surface area contributed by atoms with Crippen molar-refractivity contribution < 1.29 is 9.59 Å². The molecule has 142 valence electrons. The van der Waals surface area contributed by atoms with Gasteiger partial charge in [-0.2, -0.15) is 0 Å². The van der Waals surface area contributed by atoms with Crippen molar-refractivity contribution in [1.29, 1.82) is 0 Å². The Morgan fingerprint density at radius 2 is 1.68 bits per heavy atom. The molecule has 3 amide bonds. The Labute approximate surface area is 152 Å². The number of hydrogen-bond donors (Lipinski definition) is 1. The first-order chi connectivity index (χ1) is 12.1. The van der Waals surface area contributed by atoms with Gasteiger partial charge in [0.1, 0.15) is 0 Å². The van der Waals surface area contributed by atoms with Crippen LogP contribution in [0, 0.1) is 11.8 Å². The molecule has 2 aliphatic heterocycles. The summed E-state index contributed by atoms with van der Waals surface area (Å²) < 4.78 is 0. The Hall–Kier alpha value is -1.26. The molecule has 3 rings (SSSR count). The maximum absolute atomic E-state index is 12.6. The topological polar surface area (TPSA) is 52.7 Å². The van der Waals surface area contributed by atoms with Crippen LogP contribution in [0.4, 0.5) is 4.79 Å². The first-order valence-corrected chi connectivity index (χ1v) is 10.5. The Balaban J connectivity index is 1.35. The molecule has 1 N–H and O–H groups in total. The summed E-state index contributed by atoms with van der Waals surface area (Å²) in [5, 5.41) is 3.07. The molecule has 3 fully saturated rings. The normalized spacial score (nSPS) is 27.7. The van der Waals surface area contributed by atoms with Gasteiger partial charge < -0.3 is 15.1 Å². The van der Waals surface area contributed by atoms with Gasteiger partial charge in [0.25, 0.3) is 0 Å². The van der Waals surface area contributed by atoms with E-state index in [1.165, 1.54) is 32.1 Å². The number of amides is 3. The van der Waals surface area contributed by atoms with Crippen LogP contribution < -0.4 is 5.32 Å². The highest BCUT2D eigenvalue weighted by molar-refractivity contribution is 5.77. The number of nitrogens with zero attached hydrogens (tertiary/aromatic N) is 2. The highest BCUT2D eigenvalue weighted by Gasteiger charge is 2.35. The summed E-state index contributed by atoms with van der Waals surface area (Å²) >= 11 is 0. The number of rotatable bonds is 4. The lowest BCUT2D eigenvalue weighted by molar-refractivity contribution is -0.132. The van der Waals surface area contributed by atoms with Gasteiger partial charge in [-0.15, -0.1) is 0 Å². The Morgan fingerprint density at radius 1 is 0.960 bits per heavy atom.